The third-order valence-corrected chi connectivity index (χ3v) is 3.87. The number of nitrogens with zero attached hydrogens (tertiary/aromatic N) is 2. The van der Waals surface area contributed by atoms with Gasteiger partial charge in [0.05, 0.1) is 17.6 Å². The van der Waals surface area contributed by atoms with Crippen molar-refractivity contribution in [3.05, 3.63) is 40.6 Å². The minimum Gasteiger partial charge on any atom is -0.389 e. The van der Waals surface area contributed by atoms with Crippen molar-refractivity contribution in [3.63, 3.8) is 0 Å². The van der Waals surface area contributed by atoms with Gasteiger partial charge in [-0.15, -0.1) is 0 Å². The highest BCUT2D eigenvalue weighted by Gasteiger charge is 2.29. The minimum absolute atomic E-state index is 0.159. The summed E-state index contributed by atoms with van der Waals surface area (Å²) in [6.45, 7) is 6.13. The number of hydroxylamine groups is 2. The SMILES string of the molecule is Cc1ccc2nc(C)c(C)c(C(=O)N3C[C@@H](O)CO3)c2c1. The van der Waals surface area contributed by atoms with Crippen LogP contribution in [0.5, 0.6) is 0 Å². The predicted octanol–water partition coefficient (Wildman–Crippen LogP) is 1.91. The molecule has 1 aliphatic rings. The van der Waals surface area contributed by atoms with Gasteiger partial charge in [-0.1, -0.05) is 11.6 Å². The van der Waals surface area contributed by atoms with Gasteiger partial charge in [-0.2, -0.15) is 0 Å². The van der Waals surface area contributed by atoms with Gasteiger partial charge >= 0.3 is 0 Å². The summed E-state index contributed by atoms with van der Waals surface area (Å²) in [7, 11) is 0. The Kier molecular flexibility index (Phi) is 3.39. The average molecular weight is 286 g/mol. The molecule has 110 valence electrons. The minimum atomic E-state index is -0.620. The number of aryl methyl sites for hydroxylation is 2. The Morgan fingerprint density at radius 2 is 2.14 bits per heavy atom. The van der Waals surface area contributed by atoms with Crippen LogP contribution in [0.2, 0.25) is 0 Å². The third kappa shape index (κ3) is 2.39. The van der Waals surface area contributed by atoms with Gasteiger partial charge in [-0.05, 0) is 38.5 Å². The number of hydrogen-bond acceptors (Lipinski definition) is 4. The van der Waals surface area contributed by atoms with Crippen LogP contribution < -0.4 is 0 Å². The zero-order valence-electron chi connectivity index (χ0n) is 12.4. The molecule has 1 aromatic carbocycles. The second-order valence-corrected chi connectivity index (χ2v) is 5.53. The van der Waals surface area contributed by atoms with Gasteiger partial charge in [0.15, 0.2) is 0 Å². The molecule has 1 aromatic heterocycles. The van der Waals surface area contributed by atoms with Gasteiger partial charge in [0.1, 0.15) is 12.7 Å². The molecule has 5 heteroatoms. The molecule has 2 aromatic rings. The fourth-order valence-electron chi connectivity index (χ4n) is 2.61. The van der Waals surface area contributed by atoms with Crippen LogP contribution in [0.4, 0.5) is 0 Å². The molecule has 0 saturated carbocycles. The fourth-order valence-corrected chi connectivity index (χ4v) is 2.61. The Morgan fingerprint density at radius 3 is 2.81 bits per heavy atom. The first-order chi connectivity index (χ1) is 9.97. The Hall–Kier alpha value is -1.98. The number of benzene rings is 1. The molecule has 1 saturated heterocycles. The largest absolute Gasteiger partial charge is 0.389 e. The molecule has 2 heterocycles. The van der Waals surface area contributed by atoms with Gasteiger partial charge in [0.25, 0.3) is 5.91 Å². The van der Waals surface area contributed by atoms with Crippen LogP contribution in [-0.4, -0.2) is 40.3 Å². The summed E-state index contributed by atoms with van der Waals surface area (Å²) in [6.07, 6.45) is -0.620. The molecule has 0 spiro atoms. The van der Waals surface area contributed by atoms with Gasteiger partial charge in [0.2, 0.25) is 0 Å². The van der Waals surface area contributed by atoms with Crippen LogP contribution in [0.25, 0.3) is 10.9 Å². The molecule has 1 aliphatic heterocycles. The summed E-state index contributed by atoms with van der Waals surface area (Å²) < 4.78 is 0. The van der Waals surface area contributed by atoms with Crippen molar-refractivity contribution in [1.29, 1.82) is 0 Å². The quantitative estimate of drug-likeness (QED) is 0.870. The van der Waals surface area contributed by atoms with E-state index in [1.54, 1.807) is 0 Å². The van der Waals surface area contributed by atoms with E-state index in [4.69, 9.17) is 4.84 Å². The standard InChI is InChI=1S/C16H18N2O3/c1-9-4-5-14-13(6-9)15(10(2)11(3)17-14)16(20)18-7-12(19)8-21-18/h4-6,12,19H,7-8H2,1-3H3/t12-/m1/s1. The van der Waals surface area contributed by atoms with E-state index in [1.807, 2.05) is 39.0 Å². The van der Waals surface area contributed by atoms with E-state index < -0.39 is 6.10 Å². The average Bonchev–Trinajstić information content (AvgIpc) is 2.87. The first kappa shape index (κ1) is 14.0. The molecule has 0 unspecified atom stereocenters. The van der Waals surface area contributed by atoms with E-state index in [2.05, 4.69) is 4.98 Å². The maximum Gasteiger partial charge on any atom is 0.278 e. The maximum absolute atomic E-state index is 12.8. The number of hydrogen-bond donors (Lipinski definition) is 1. The molecule has 0 radical (unpaired) electrons. The first-order valence-electron chi connectivity index (χ1n) is 6.98. The van der Waals surface area contributed by atoms with Crippen LogP contribution in [0, 0.1) is 20.8 Å². The summed E-state index contributed by atoms with van der Waals surface area (Å²) >= 11 is 0. The molecule has 1 atom stereocenters. The van der Waals surface area contributed by atoms with Gasteiger partial charge < -0.3 is 5.11 Å². The van der Waals surface area contributed by atoms with E-state index in [0.717, 1.165) is 27.7 Å². The lowest BCUT2D eigenvalue weighted by atomic mass is 9.99. The zero-order valence-corrected chi connectivity index (χ0v) is 12.4. The second kappa shape index (κ2) is 5.09. The van der Waals surface area contributed by atoms with Crippen molar-refractivity contribution in [2.24, 2.45) is 0 Å². The smallest absolute Gasteiger partial charge is 0.278 e. The lowest BCUT2D eigenvalue weighted by Gasteiger charge is -2.18. The van der Waals surface area contributed by atoms with Crippen LogP contribution in [0.3, 0.4) is 0 Å². The number of carbonyl (C=O) groups is 1. The lowest BCUT2D eigenvalue weighted by Crippen LogP contribution is -2.29. The highest BCUT2D eigenvalue weighted by atomic mass is 16.7. The Labute approximate surface area is 123 Å². The molecular weight excluding hydrogens is 268 g/mol. The third-order valence-electron chi connectivity index (χ3n) is 3.87. The number of carbonyl (C=O) groups excluding carboxylic acids is 1. The number of rotatable bonds is 1. The second-order valence-electron chi connectivity index (χ2n) is 5.53. The van der Waals surface area contributed by atoms with Gasteiger partial charge in [-0.25, -0.2) is 5.06 Å². The molecule has 0 bridgehead atoms. The predicted molar refractivity (Wildman–Crippen MR) is 78.9 cm³/mol. The molecule has 1 N–H and O–H groups in total. The van der Waals surface area contributed by atoms with Crippen molar-refractivity contribution < 1.29 is 14.7 Å². The summed E-state index contributed by atoms with van der Waals surface area (Å²) in [4.78, 5) is 22.6. The van der Waals surface area contributed by atoms with Crippen LogP contribution in [-0.2, 0) is 4.84 Å². The number of pyridine rings is 1. The first-order valence-corrected chi connectivity index (χ1v) is 6.98. The Balaban J connectivity index is 2.18. The fraction of sp³-hybridized carbons (Fsp3) is 0.375. The highest BCUT2D eigenvalue weighted by Crippen LogP contribution is 2.26. The van der Waals surface area contributed by atoms with E-state index in [1.165, 1.54) is 5.06 Å². The van der Waals surface area contributed by atoms with Crippen molar-refractivity contribution in [1.82, 2.24) is 10.0 Å². The van der Waals surface area contributed by atoms with Crippen molar-refractivity contribution in [2.45, 2.75) is 26.9 Å². The molecular formula is C16H18N2O3. The van der Waals surface area contributed by atoms with Crippen LogP contribution in [0.1, 0.15) is 27.2 Å². The number of aliphatic hydroxyl groups excluding tert-OH is 1. The monoisotopic (exact) mass is 286 g/mol. The molecule has 1 amide bonds. The normalized spacial score (nSPS) is 18.5. The number of β-amino-alcohol motifs (C(OH)–C–C–N with tert-alkyl or cyclic N) is 1. The van der Waals surface area contributed by atoms with E-state index in [9.17, 15) is 9.90 Å². The van der Waals surface area contributed by atoms with E-state index >= 15 is 0 Å². The van der Waals surface area contributed by atoms with Crippen LogP contribution >= 0.6 is 0 Å². The summed E-state index contributed by atoms with van der Waals surface area (Å²) in [5.74, 6) is -0.217. The highest BCUT2D eigenvalue weighted by molar-refractivity contribution is 6.07. The molecule has 3 rings (SSSR count). The van der Waals surface area contributed by atoms with Crippen molar-refractivity contribution in [2.75, 3.05) is 13.2 Å². The Bertz CT molecular complexity index is 727. The molecule has 5 nitrogen and oxygen atoms in total. The summed E-state index contributed by atoms with van der Waals surface area (Å²) in [5, 5.41) is 11.6. The van der Waals surface area contributed by atoms with E-state index in [-0.39, 0.29) is 19.1 Å². The number of aliphatic hydroxyl groups is 1. The van der Waals surface area contributed by atoms with Crippen molar-refractivity contribution >= 4 is 16.8 Å². The molecule has 21 heavy (non-hydrogen) atoms. The maximum atomic E-state index is 12.8. The van der Waals surface area contributed by atoms with Crippen LogP contribution in [0.15, 0.2) is 18.2 Å². The number of fused-ring (bicyclic) bond motifs is 1. The molecule has 0 aliphatic carbocycles. The molecule has 1 fully saturated rings. The topological polar surface area (TPSA) is 62.7 Å². The summed E-state index contributed by atoms with van der Waals surface area (Å²) in [6, 6.07) is 5.87. The zero-order chi connectivity index (χ0) is 15.1. The van der Waals surface area contributed by atoms with Crippen molar-refractivity contribution in [3.8, 4) is 0 Å². The van der Waals surface area contributed by atoms with Gasteiger partial charge in [0, 0.05) is 11.1 Å². The number of aromatic nitrogens is 1. The van der Waals surface area contributed by atoms with Gasteiger partial charge in [-0.3, -0.25) is 14.6 Å². The Morgan fingerprint density at radius 1 is 1.38 bits per heavy atom. The summed E-state index contributed by atoms with van der Waals surface area (Å²) in [5.41, 5.74) is 4.16. The van der Waals surface area contributed by atoms with E-state index in [0.29, 0.717) is 5.56 Å². The number of amides is 1. The lowest BCUT2D eigenvalue weighted by molar-refractivity contribution is -0.0779.